The van der Waals surface area contributed by atoms with E-state index in [1.165, 1.54) is 0 Å². The first-order chi connectivity index (χ1) is 9.52. The Labute approximate surface area is 126 Å². The highest BCUT2D eigenvalue weighted by molar-refractivity contribution is 6.29. The first kappa shape index (κ1) is 17.1. The highest BCUT2D eigenvalue weighted by atomic mass is 35.5. The van der Waals surface area contributed by atoms with Crippen LogP contribution in [0.4, 0.5) is 5.82 Å². The quantitative estimate of drug-likeness (QED) is 0.561. The lowest BCUT2D eigenvalue weighted by Gasteiger charge is -2.20. The van der Waals surface area contributed by atoms with Crippen molar-refractivity contribution in [1.82, 2.24) is 14.9 Å². The molecule has 0 aliphatic rings. The summed E-state index contributed by atoms with van der Waals surface area (Å²) in [5.41, 5.74) is 0. The Kier molecular flexibility index (Phi) is 7.80. The number of halogens is 1. The van der Waals surface area contributed by atoms with E-state index in [0.717, 1.165) is 31.7 Å². The molecule has 0 bridgehead atoms. The molecule has 0 saturated carbocycles. The van der Waals surface area contributed by atoms with E-state index in [1.807, 2.05) is 0 Å². The van der Waals surface area contributed by atoms with Crippen LogP contribution in [0.1, 0.15) is 32.5 Å². The molecular weight excluding hydrogens is 276 g/mol. The molecule has 6 heteroatoms. The molecule has 0 amide bonds. The molecule has 0 unspecified atom stereocenters. The number of rotatable bonds is 9. The summed E-state index contributed by atoms with van der Waals surface area (Å²) in [5.74, 6) is 1.36. The average Bonchev–Trinajstić information content (AvgIpc) is 2.37. The first-order valence-corrected chi connectivity index (χ1v) is 7.37. The Morgan fingerprint density at radius 1 is 1.35 bits per heavy atom. The lowest BCUT2D eigenvalue weighted by atomic mass is 10.2. The molecule has 1 heterocycles. The van der Waals surface area contributed by atoms with Crippen molar-refractivity contribution in [3.63, 3.8) is 0 Å². The standard InChI is InChI=1S/C14H25ClN4O/c1-11(2)19(3)8-6-5-7-16-13-9-12(15)17-14(18-13)10-20-4/h9,11H,5-8,10H2,1-4H3,(H,16,17,18). The van der Waals surface area contributed by atoms with E-state index >= 15 is 0 Å². The number of unbranched alkanes of at least 4 members (excludes halogenated alkanes) is 1. The lowest BCUT2D eigenvalue weighted by Crippen LogP contribution is -2.27. The van der Waals surface area contributed by atoms with Gasteiger partial charge in [0.1, 0.15) is 17.6 Å². The van der Waals surface area contributed by atoms with Crippen LogP contribution < -0.4 is 5.32 Å². The highest BCUT2D eigenvalue weighted by Crippen LogP contribution is 2.12. The number of methoxy groups -OCH3 is 1. The van der Waals surface area contributed by atoms with E-state index < -0.39 is 0 Å². The van der Waals surface area contributed by atoms with Crippen LogP contribution in [0.25, 0.3) is 0 Å². The zero-order valence-corrected chi connectivity index (χ0v) is 13.6. The molecule has 0 aliphatic heterocycles. The molecule has 0 radical (unpaired) electrons. The van der Waals surface area contributed by atoms with Crippen LogP contribution in [0.15, 0.2) is 6.07 Å². The van der Waals surface area contributed by atoms with Gasteiger partial charge < -0.3 is 15.0 Å². The lowest BCUT2D eigenvalue weighted by molar-refractivity contribution is 0.178. The summed E-state index contributed by atoms with van der Waals surface area (Å²) in [6, 6.07) is 2.33. The predicted molar refractivity (Wildman–Crippen MR) is 83.2 cm³/mol. The van der Waals surface area contributed by atoms with Crippen LogP contribution in [0.2, 0.25) is 5.15 Å². The third kappa shape index (κ3) is 6.50. The van der Waals surface area contributed by atoms with Crippen molar-refractivity contribution in [2.45, 2.75) is 39.3 Å². The van der Waals surface area contributed by atoms with Gasteiger partial charge >= 0.3 is 0 Å². The summed E-state index contributed by atoms with van der Waals surface area (Å²) < 4.78 is 5.01. The van der Waals surface area contributed by atoms with Crippen molar-refractivity contribution in [1.29, 1.82) is 0 Å². The average molecular weight is 301 g/mol. The number of nitrogens with zero attached hydrogens (tertiary/aromatic N) is 3. The summed E-state index contributed by atoms with van der Waals surface area (Å²) in [4.78, 5) is 10.8. The smallest absolute Gasteiger partial charge is 0.158 e. The van der Waals surface area contributed by atoms with Crippen molar-refractivity contribution >= 4 is 17.4 Å². The van der Waals surface area contributed by atoms with E-state index in [0.29, 0.717) is 23.6 Å². The van der Waals surface area contributed by atoms with Gasteiger partial charge in [-0.05, 0) is 40.3 Å². The molecule has 1 aromatic rings. The van der Waals surface area contributed by atoms with Gasteiger partial charge in [-0.2, -0.15) is 0 Å². The summed E-state index contributed by atoms with van der Waals surface area (Å²) >= 11 is 5.95. The van der Waals surface area contributed by atoms with E-state index in [4.69, 9.17) is 16.3 Å². The molecule has 0 aliphatic carbocycles. The van der Waals surface area contributed by atoms with Crippen molar-refractivity contribution in [3.8, 4) is 0 Å². The normalized spacial score (nSPS) is 11.3. The van der Waals surface area contributed by atoms with Gasteiger partial charge in [-0.25, -0.2) is 9.97 Å². The molecule has 1 N–H and O–H groups in total. The van der Waals surface area contributed by atoms with Gasteiger partial charge in [-0.15, -0.1) is 0 Å². The van der Waals surface area contributed by atoms with Crippen LogP contribution in [0.5, 0.6) is 0 Å². The number of hydrogen-bond acceptors (Lipinski definition) is 5. The minimum atomic E-state index is 0.369. The zero-order valence-electron chi connectivity index (χ0n) is 12.8. The second-order valence-corrected chi connectivity index (χ2v) is 5.52. The largest absolute Gasteiger partial charge is 0.377 e. The van der Waals surface area contributed by atoms with Crippen LogP contribution in [0.3, 0.4) is 0 Å². The van der Waals surface area contributed by atoms with Gasteiger partial charge in [0, 0.05) is 25.8 Å². The maximum Gasteiger partial charge on any atom is 0.158 e. The number of ether oxygens (including phenoxy) is 1. The monoisotopic (exact) mass is 300 g/mol. The van der Waals surface area contributed by atoms with Crippen LogP contribution in [0, 0.1) is 0 Å². The fourth-order valence-electron chi connectivity index (χ4n) is 1.71. The third-order valence-electron chi connectivity index (χ3n) is 3.14. The van der Waals surface area contributed by atoms with Crippen LogP contribution in [-0.4, -0.2) is 48.2 Å². The van der Waals surface area contributed by atoms with Gasteiger partial charge in [-0.3, -0.25) is 0 Å². The maximum atomic E-state index is 5.95. The number of hydrogen-bond donors (Lipinski definition) is 1. The Morgan fingerprint density at radius 2 is 2.10 bits per heavy atom. The summed E-state index contributed by atoms with van der Waals surface area (Å²) in [6.45, 7) is 6.77. The highest BCUT2D eigenvalue weighted by Gasteiger charge is 2.04. The van der Waals surface area contributed by atoms with Crippen molar-refractivity contribution in [2.75, 3.05) is 32.6 Å². The summed E-state index contributed by atoms with van der Waals surface area (Å²) in [5, 5.41) is 3.72. The molecule has 0 atom stereocenters. The third-order valence-corrected chi connectivity index (χ3v) is 3.33. The van der Waals surface area contributed by atoms with E-state index in [1.54, 1.807) is 13.2 Å². The molecule has 20 heavy (non-hydrogen) atoms. The maximum absolute atomic E-state index is 5.95. The van der Waals surface area contributed by atoms with Gasteiger partial charge in [0.2, 0.25) is 0 Å². The molecule has 0 fully saturated rings. The van der Waals surface area contributed by atoms with Gasteiger partial charge in [0.15, 0.2) is 5.82 Å². The van der Waals surface area contributed by atoms with E-state index in [9.17, 15) is 0 Å². The van der Waals surface area contributed by atoms with Gasteiger partial charge in [0.05, 0.1) is 0 Å². The van der Waals surface area contributed by atoms with E-state index in [-0.39, 0.29) is 0 Å². The molecule has 0 saturated heterocycles. The number of nitrogens with one attached hydrogen (secondary N) is 1. The summed E-state index contributed by atoms with van der Waals surface area (Å²) in [7, 11) is 3.77. The topological polar surface area (TPSA) is 50.3 Å². The second kappa shape index (κ2) is 9.10. The Morgan fingerprint density at radius 3 is 2.75 bits per heavy atom. The SMILES string of the molecule is COCc1nc(Cl)cc(NCCCCN(C)C(C)C)n1. The second-order valence-electron chi connectivity index (χ2n) is 5.13. The minimum absolute atomic E-state index is 0.369. The molecule has 1 rings (SSSR count). The fraction of sp³-hybridized carbons (Fsp3) is 0.714. The molecule has 0 spiro atoms. The zero-order chi connectivity index (χ0) is 15.0. The molecule has 5 nitrogen and oxygen atoms in total. The molecule has 0 aromatic carbocycles. The summed E-state index contributed by atoms with van der Waals surface area (Å²) in [6.07, 6.45) is 2.25. The van der Waals surface area contributed by atoms with Gasteiger partial charge in [0.25, 0.3) is 0 Å². The Bertz CT molecular complexity index is 401. The van der Waals surface area contributed by atoms with Crippen molar-refractivity contribution in [3.05, 3.63) is 17.0 Å². The molecule has 114 valence electrons. The van der Waals surface area contributed by atoms with E-state index in [2.05, 4.69) is 41.1 Å². The van der Waals surface area contributed by atoms with Crippen molar-refractivity contribution < 1.29 is 4.74 Å². The van der Waals surface area contributed by atoms with Crippen LogP contribution >= 0.6 is 11.6 Å². The first-order valence-electron chi connectivity index (χ1n) is 6.99. The number of anilines is 1. The number of aromatic nitrogens is 2. The minimum Gasteiger partial charge on any atom is -0.377 e. The fourth-order valence-corrected chi connectivity index (χ4v) is 1.91. The van der Waals surface area contributed by atoms with Crippen LogP contribution in [-0.2, 0) is 11.3 Å². The van der Waals surface area contributed by atoms with Crippen molar-refractivity contribution in [2.24, 2.45) is 0 Å². The molecule has 1 aromatic heterocycles. The predicted octanol–water partition coefficient (Wildman–Crippen LogP) is 2.81. The Hall–Kier alpha value is -0.910. The van der Waals surface area contributed by atoms with Gasteiger partial charge in [-0.1, -0.05) is 11.6 Å². The Balaban J connectivity index is 2.31. The molecular formula is C14H25ClN4O.